The first-order valence-electron chi connectivity index (χ1n) is 10.2. The number of rotatable bonds is 3. The zero-order valence-electron chi connectivity index (χ0n) is 16.4. The minimum Gasteiger partial charge on any atom is -0.380 e. The van der Waals surface area contributed by atoms with Gasteiger partial charge in [0, 0.05) is 31.2 Å². The van der Waals surface area contributed by atoms with E-state index >= 15 is 0 Å². The number of nitrogens with zero attached hydrogens (tertiary/aromatic N) is 1. The van der Waals surface area contributed by atoms with Gasteiger partial charge in [-0.3, -0.25) is 4.79 Å². The van der Waals surface area contributed by atoms with Crippen LogP contribution < -0.4 is 10.6 Å². The van der Waals surface area contributed by atoms with Crippen LogP contribution in [0.2, 0.25) is 0 Å². The number of piperidine rings is 1. The fourth-order valence-electron chi connectivity index (χ4n) is 4.18. The van der Waals surface area contributed by atoms with E-state index in [0.717, 1.165) is 11.3 Å². The Hall–Kier alpha value is -2.86. The molecule has 29 heavy (non-hydrogen) atoms. The van der Waals surface area contributed by atoms with Gasteiger partial charge in [0.25, 0.3) is 5.91 Å². The van der Waals surface area contributed by atoms with Gasteiger partial charge < -0.3 is 20.6 Å². The van der Waals surface area contributed by atoms with E-state index in [1.54, 1.807) is 4.90 Å². The number of hydrogen-bond acceptors (Lipinski definition) is 3. The highest BCUT2D eigenvalue weighted by Crippen LogP contribution is 2.29. The van der Waals surface area contributed by atoms with E-state index in [1.807, 2.05) is 48.5 Å². The van der Waals surface area contributed by atoms with Gasteiger partial charge in [-0.1, -0.05) is 42.5 Å². The van der Waals surface area contributed by atoms with Crippen molar-refractivity contribution in [3.8, 4) is 0 Å². The number of hydrogen-bond donors (Lipinski definition) is 3. The zero-order valence-corrected chi connectivity index (χ0v) is 16.4. The highest BCUT2D eigenvalue weighted by molar-refractivity contribution is 5.89. The number of amides is 3. The minimum atomic E-state index is -1.35. The van der Waals surface area contributed by atoms with E-state index < -0.39 is 5.60 Å². The third-order valence-corrected chi connectivity index (χ3v) is 5.97. The van der Waals surface area contributed by atoms with Gasteiger partial charge in [0.05, 0.1) is 0 Å². The largest absolute Gasteiger partial charge is 0.380 e. The number of nitrogens with one attached hydrogen (secondary N) is 2. The molecule has 0 aromatic heterocycles. The quantitative estimate of drug-likeness (QED) is 0.750. The molecule has 6 nitrogen and oxygen atoms in total. The molecular formula is C23H27N3O3. The molecular weight excluding hydrogens is 366 g/mol. The van der Waals surface area contributed by atoms with Crippen LogP contribution in [0, 0.1) is 0 Å². The molecule has 1 saturated heterocycles. The maximum Gasteiger partial charge on any atom is 0.321 e. The van der Waals surface area contributed by atoms with E-state index in [9.17, 15) is 14.7 Å². The molecule has 1 fully saturated rings. The number of urea groups is 1. The second kappa shape index (κ2) is 8.25. The second-order valence-electron chi connectivity index (χ2n) is 8.01. The molecule has 0 bridgehead atoms. The molecule has 1 atom stereocenters. The van der Waals surface area contributed by atoms with Crippen molar-refractivity contribution in [2.45, 2.75) is 43.7 Å². The average Bonchev–Trinajstić information content (AvgIpc) is 2.75. The molecule has 2 aromatic carbocycles. The summed E-state index contributed by atoms with van der Waals surface area (Å²) >= 11 is 0. The summed E-state index contributed by atoms with van der Waals surface area (Å²) in [5, 5.41) is 16.9. The van der Waals surface area contributed by atoms with Gasteiger partial charge in [-0.25, -0.2) is 4.79 Å². The van der Waals surface area contributed by atoms with E-state index in [1.165, 1.54) is 5.56 Å². The minimum absolute atomic E-state index is 0.0236. The summed E-state index contributed by atoms with van der Waals surface area (Å²) < 4.78 is 0. The van der Waals surface area contributed by atoms with Gasteiger partial charge in [0.15, 0.2) is 0 Å². The smallest absolute Gasteiger partial charge is 0.321 e. The summed E-state index contributed by atoms with van der Waals surface area (Å²) in [4.78, 5) is 27.0. The number of likely N-dealkylation sites (tertiary alicyclic amines) is 1. The van der Waals surface area contributed by atoms with Crippen LogP contribution in [-0.2, 0) is 17.6 Å². The summed E-state index contributed by atoms with van der Waals surface area (Å²) in [5.41, 5.74) is 1.68. The van der Waals surface area contributed by atoms with E-state index in [0.29, 0.717) is 45.2 Å². The molecule has 1 aliphatic heterocycles. The highest BCUT2D eigenvalue weighted by Gasteiger charge is 2.40. The van der Waals surface area contributed by atoms with Gasteiger partial charge in [0.2, 0.25) is 0 Å². The molecule has 152 valence electrons. The fraction of sp³-hybridized carbons (Fsp3) is 0.391. The standard InChI is InChI=1S/C23H27N3O3/c27-21(23(29)13-10-17-6-4-5-7-18(17)16-23)24-20-11-14-26(15-12-20)22(28)25-19-8-2-1-3-9-19/h1-9,20,29H,10-16H2,(H,24,27)(H,25,28). The Morgan fingerprint density at radius 2 is 1.62 bits per heavy atom. The number of carbonyl (C=O) groups is 2. The molecule has 1 aliphatic carbocycles. The van der Waals surface area contributed by atoms with E-state index in [-0.39, 0.29) is 18.0 Å². The number of aryl methyl sites for hydroxylation is 1. The Morgan fingerprint density at radius 3 is 2.34 bits per heavy atom. The van der Waals surface area contributed by atoms with Crippen LogP contribution in [0.5, 0.6) is 0 Å². The number of anilines is 1. The average molecular weight is 393 g/mol. The lowest BCUT2D eigenvalue weighted by Gasteiger charge is -2.36. The molecule has 3 N–H and O–H groups in total. The SMILES string of the molecule is O=C(Nc1ccccc1)N1CCC(NC(=O)C2(O)CCc3ccccc3C2)CC1. The lowest BCUT2D eigenvalue weighted by molar-refractivity contribution is -0.142. The normalized spacial score (nSPS) is 21.9. The maximum absolute atomic E-state index is 12.8. The van der Waals surface area contributed by atoms with Crippen LogP contribution in [0.15, 0.2) is 54.6 Å². The first kappa shape index (κ1) is 19.5. The molecule has 4 rings (SSSR count). The van der Waals surface area contributed by atoms with Gasteiger partial charge in [0.1, 0.15) is 5.60 Å². The summed E-state index contributed by atoms with van der Waals surface area (Å²) in [5.74, 6) is -0.292. The first-order chi connectivity index (χ1) is 14.0. The first-order valence-corrected chi connectivity index (χ1v) is 10.2. The predicted octanol–water partition coefficient (Wildman–Crippen LogP) is 2.72. The van der Waals surface area contributed by atoms with Gasteiger partial charge in [-0.05, 0) is 48.9 Å². The Labute approximate surface area is 170 Å². The highest BCUT2D eigenvalue weighted by atomic mass is 16.3. The van der Waals surface area contributed by atoms with E-state index in [2.05, 4.69) is 16.7 Å². The van der Waals surface area contributed by atoms with Crippen molar-refractivity contribution in [1.29, 1.82) is 0 Å². The van der Waals surface area contributed by atoms with Gasteiger partial charge in [-0.2, -0.15) is 0 Å². The van der Waals surface area contributed by atoms with Crippen molar-refractivity contribution >= 4 is 17.6 Å². The predicted molar refractivity (Wildman–Crippen MR) is 112 cm³/mol. The Balaban J connectivity index is 1.28. The number of carbonyl (C=O) groups excluding carboxylic acids is 2. The Kier molecular flexibility index (Phi) is 5.53. The molecule has 1 heterocycles. The van der Waals surface area contributed by atoms with Crippen LogP contribution in [0.4, 0.5) is 10.5 Å². The molecule has 2 aliphatic rings. The lowest BCUT2D eigenvalue weighted by Crippen LogP contribution is -2.55. The summed E-state index contributed by atoms with van der Waals surface area (Å²) in [6.45, 7) is 1.15. The third kappa shape index (κ3) is 4.43. The van der Waals surface area contributed by atoms with Crippen molar-refractivity contribution < 1.29 is 14.7 Å². The van der Waals surface area contributed by atoms with Crippen molar-refractivity contribution in [2.24, 2.45) is 0 Å². The number of fused-ring (bicyclic) bond motifs is 1. The Bertz CT molecular complexity index is 878. The van der Waals surface area contributed by atoms with Crippen LogP contribution in [-0.4, -0.2) is 46.7 Å². The molecule has 0 saturated carbocycles. The van der Waals surface area contributed by atoms with Crippen LogP contribution in [0.3, 0.4) is 0 Å². The monoisotopic (exact) mass is 393 g/mol. The summed E-state index contributed by atoms with van der Waals surface area (Å²) in [6, 6.07) is 17.2. The number of benzene rings is 2. The number of para-hydroxylation sites is 1. The topological polar surface area (TPSA) is 81.7 Å². The fourth-order valence-corrected chi connectivity index (χ4v) is 4.18. The second-order valence-corrected chi connectivity index (χ2v) is 8.01. The van der Waals surface area contributed by atoms with Crippen LogP contribution in [0.25, 0.3) is 0 Å². The van der Waals surface area contributed by atoms with Crippen LogP contribution >= 0.6 is 0 Å². The van der Waals surface area contributed by atoms with Crippen molar-refractivity contribution in [3.05, 3.63) is 65.7 Å². The number of aliphatic hydroxyl groups is 1. The van der Waals surface area contributed by atoms with E-state index in [4.69, 9.17) is 0 Å². The van der Waals surface area contributed by atoms with Crippen molar-refractivity contribution in [1.82, 2.24) is 10.2 Å². The molecule has 3 amide bonds. The van der Waals surface area contributed by atoms with Gasteiger partial charge in [-0.15, -0.1) is 0 Å². The molecule has 1 unspecified atom stereocenters. The molecule has 0 spiro atoms. The summed E-state index contributed by atoms with van der Waals surface area (Å²) in [6.07, 6.45) is 2.86. The zero-order chi connectivity index (χ0) is 20.3. The van der Waals surface area contributed by atoms with Crippen molar-refractivity contribution in [3.63, 3.8) is 0 Å². The van der Waals surface area contributed by atoms with Gasteiger partial charge >= 0.3 is 6.03 Å². The van der Waals surface area contributed by atoms with Crippen molar-refractivity contribution in [2.75, 3.05) is 18.4 Å². The Morgan fingerprint density at radius 1 is 0.966 bits per heavy atom. The third-order valence-electron chi connectivity index (χ3n) is 5.97. The lowest BCUT2D eigenvalue weighted by atomic mass is 9.79. The molecule has 0 radical (unpaired) electrons. The molecule has 6 heteroatoms. The summed E-state index contributed by atoms with van der Waals surface area (Å²) in [7, 11) is 0. The maximum atomic E-state index is 12.8. The molecule has 2 aromatic rings. The van der Waals surface area contributed by atoms with Crippen LogP contribution in [0.1, 0.15) is 30.4 Å².